The van der Waals surface area contributed by atoms with Crippen LogP contribution in [0.2, 0.25) is 0 Å². The number of carbonyl (C=O) groups is 2. The van der Waals surface area contributed by atoms with E-state index in [-0.39, 0.29) is 39.5 Å². The summed E-state index contributed by atoms with van der Waals surface area (Å²) in [5, 5.41) is 46.2. The Labute approximate surface area is 596 Å². The molecular weight excluding hydrogens is 1190 g/mol. The smallest absolute Gasteiger partial charge is 0.306 e. The van der Waals surface area contributed by atoms with Crippen LogP contribution in [0, 0.1) is 13.8 Å². The lowest BCUT2D eigenvalue weighted by molar-refractivity contribution is -0.143. The molecule has 0 amide bonds. The Balaban J connectivity index is 0.000000534. The van der Waals surface area contributed by atoms with Gasteiger partial charge in [0.05, 0.1) is 6.61 Å². The van der Waals surface area contributed by atoms with Crippen molar-refractivity contribution in [2.75, 3.05) is 13.2 Å². The highest BCUT2D eigenvalue weighted by molar-refractivity contribution is 5.78. The summed E-state index contributed by atoms with van der Waals surface area (Å²) in [6.07, 6.45) is 35.3. The molecule has 0 spiro atoms. The van der Waals surface area contributed by atoms with E-state index in [1.807, 2.05) is 19.1 Å². The van der Waals surface area contributed by atoms with Gasteiger partial charge in [-0.3, -0.25) is 9.59 Å². The fraction of sp³-hybridized carbons (Fsp3) is 0.685. The number of rotatable bonds is 41. The molecule has 8 heteroatoms. The van der Waals surface area contributed by atoms with Crippen molar-refractivity contribution in [1.82, 2.24) is 5.32 Å². The fourth-order valence-corrected chi connectivity index (χ4v) is 13.0. The number of phenols is 4. The second-order valence-corrected chi connectivity index (χ2v) is 33.7. The minimum Gasteiger partial charge on any atom is -0.507 e. The molecule has 0 saturated carbocycles. The first kappa shape index (κ1) is 87.8. The average molecular weight is 1340 g/mol. The Morgan fingerprint density at radius 3 is 1.22 bits per heavy atom. The summed E-state index contributed by atoms with van der Waals surface area (Å²) in [4.78, 5) is 24.7. The molecule has 8 nitrogen and oxygen atoms in total. The number of aryl methyl sites for hydroxylation is 5. The van der Waals surface area contributed by atoms with E-state index >= 15 is 0 Å². The number of allylic oxidation sites excluding steroid dienone is 1. The molecule has 0 fully saturated rings. The minimum absolute atomic E-state index is 0.121. The Kier molecular flexibility index (Phi) is 40.6. The van der Waals surface area contributed by atoms with Crippen molar-refractivity contribution in [3.05, 3.63) is 128 Å². The normalized spacial score (nSPS) is 12.3. The average Bonchev–Trinajstić information content (AvgIpc) is 0.801. The summed E-state index contributed by atoms with van der Waals surface area (Å²) in [6.45, 7) is 50.6. The maximum atomic E-state index is 12.7. The van der Waals surface area contributed by atoms with Crippen LogP contribution in [-0.2, 0) is 55.2 Å². The van der Waals surface area contributed by atoms with E-state index < -0.39 is 0 Å². The van der Waals surface area contributed by atoms with Crippen molar-refractivity contribution in [3.63, 3.8) is 0 Å². The van der Waals surface area contributed by atoms with Crippen LogP contribution < -0.4 is 5.32 Å². The van der Waals surface area contributed by atoms with Crippen LogP contribution in [0.15, 0.2) is 60.8 Å². The number of aromatic hydroxyl groups is 4. The number of esters is 1. The summed E-state index contributed by atoms with van der Waals surface area (Å²) in [5.74, 6) is 2.93. The zero-order chi connectivity index (χ0) is 73.1. The van der Waals surface area contributed by atoms with Gasteiger partial charge in [0, 0.05) is 31.5 Å². The van der Waals surface area contributed by atoms with Crippen LogP contribution in [0.3, 0.4) is 0 Å². The number of phenolic OH excluding ortho intramolecular Hbond substituents is 4. The van der Waals surface area contributed by atoms with E-state index in [9.17, 15) is 30.0 Å². The molecule has 97 heavy (non-hydrogen) atoms. The number of hydrogen-bond donors (Lipinski definition) is 5. The van der Waals surface area contributed by atoms with Crippen LogP contribution in [0.25, 0.3) is 0 Å². The molecule has 0 aliphatic rings. The molecule has 0 heterocycles. The number of hydrogen-bond acceptors (Lipinski definition) is 8. The predicted octanol–water partition coefficient (Wildman–Crippen LogP) is 25.5. The van der Waals surface area contributed by atoms with Gasteiger partial charge in [-0.05, 0) is 166 Å². The molecule has 0 aromatic heterocycles. The van der Waals surface area contributed by atoms with Gasteiger partial charge in [-0.2, -0.15) is 0 Å². The summed E-state index contributed by atoms with van der Waals surface area (Å²) in [5.41, 5.74) is 13.3. The fourth-order valence-electron chi connectivity index (χ4n) is 13.0. The van der Waals surface area contributed by atoms with Gasteiger partial charge >= 0.3 is 5.97 Å². The molecule has 0 aliphatic heterocycles. The maximum absolute atomic E-state index is 12.7. The first-order valence-electron chi connectivity index (χ1n) is 38.9. The van der Waals surface area contributed by atoms with Crippen molar-refractivity contribution < 1.29 is 34.8 Å². The van der Waals surface area contributed by atoms with Crippen LogP contribution in [0.5, 0.6) is 23.0 Å². The van der Waals surface area contributed by atoms with E-state index in [2.05, 4.69) is 187 Å². The summed E-state index contributed by atoms with van der Waals surface area (Å²) in [6, 6.07) is 16.8. The molecule has 4 aromatic rings. The van der Waals surface area contributed by atoms with Crippen LogP contribution in [0.1, 0.15) is 396 Å². The third-order valence-electron chi connectivity index (χ3n) is 19.3. The number of benzene rings is 4. The van der Waals surface area contributed by atoms with E-state index in [1.54, 1.807) is 0 Å². The van der Waals surface area contributed by atoms with Crippen molar-refractivity contribution in [1.29, 1.82) is 0 Å². The Hall–Kier alpha value is -5.24. The molecule has 0 saturated heterocycles. The van der Waals surface area contributed by atoms with Gasteiger partial charge in [-0.15, -0.1) is 0 Å². The van der Waals surface area contributed by atoms with Gasteiger partial charge in [-0.25, -0.2) is 0 Å². The SMILES string of the molecule is C=C(CCc1cc(C(C)(C)C)c(O)c(C(C)(C)C)c1)NCCCCCCCC(=O)CCc1cc(C(C)(C)C)c(O)c(C(C)(C)C)c1.CCCCCCCCCCCCCCC(C)c1cc(C)cc(C)c1O.CCCCCCCCOC(=O)CCc1cc(C(C)C)c(O)c(C(C)C)c1. The van der Waals surface area contributed by atoms with Crippen molar-refractivity contribution in [2.24, 2.45) is 0 Å². The topological polar surface area (TPSA) is 136 Å². The van der Waals surface area contributed by atoms with E-state index in [0.717, 1.165) is 132 Å². The number of Topliss-reactive ketones (excluding diaryl/α,β-unsaturated/α-hetero) is 1. The predicted molar refractivity (Wildman–Crippen MR) is 418 cm³/mol. The van der Waals surface area contributed by atoms with Crippen LogP contribution >= 0.6 is 0 Å². The van der Waals surface area contributed by atoms with Gasteiger partial charge in [-0.1, -0.05) is 321 Å². The zero-order valence-corrected chi connectivity index (χ0v) is 66.4. The van der Waals surface area contributed by atoms with Gasteiger partial charge in [0.1, 0.15) is 28.8 Å². The standard InChI is InChI=1S/C42H67NO3.C24H42O.C23H38O3/c1-29(20-21-30-25-33(39(2,3)4)37(45)34(26-30)40(5,6)7)43-24-18-16-14-15-17-19-32(44)23-22-31-27-35(41(8,9)10)38(46)36(28-31)42(11,12)13;1-5-6-7-8-9-10-11-12-13-14-15-16-17-21(3)23-19-20(2)18-22(4)24(23)25;1-6-7-8-9-10-11-14-26-22(24)13-12-19-15-20(17(2)3)23(25)21(16-19)18(4)5/h25-28,43,45-46H,1,14-24H2,2-13H3;18-19,21,25H,5-17H2,1-4H3;15-18,25H,6-14H2,1-5H3. The number of nitrogens with one attached hydrogen (secondary N) is 1. The van der Waals surface area contributed by atoms with E-state index in [4.69, 9.17) is 4.74 Å². The van der Waals surface area contributed by atoms with E-state index in [0.29, 0.717) is 67.0 Å². The molecule has 5 N–H and O–H groups in total. The molecule has 0 aliphatic carbocycles. The molecule has 1 atom stereocenters. The zero-order valence-electron chi connectivity index (χ0n) is 66.4. The lowest BCUT2D eigenvalue weighted by Gasteiger charge is -2.28. The number of unbranched alkanes of at least 4 members (excludes halogenated alkanes) is 20. The quantitative estimate of drug-likeness (QED) is 0.0219. The number of ketones is 1. The number of ether oxygens (including phenoxy) is 1. The maximum Gasteiger partial charge on any atom is 0.306 e. The highest BCUT2D eigenvalue weighted by Gasteiger charge is 2.29. The second-order valence-electron chi connectivity index (χ2n) is 33.7. The third-order valence-corrected chi connectivity index (χ3v) is 19.3. The molecule has 4 rings (SSSR count). The molecule has 4 aromatic carbocycles. The first-order valence-corrected chi connectivity index (χ1v) is 38.9. The Morgan fingerprint density at radius 2 is 0.794 bits per heavy atom. The minimum atomic E-state index is -0.159. The lowest BCUT2D eigenvalue weighted by Crippen LogP contribution is -2.18. The summed E-state index contributed by atoms with van der Waals surface area (Å²) in [7, 11) is 0. The van der Waals surface area contributed by atoms with Gasteiger partial charge < -0.3 is 30.5 Å². The monoisotopic (exact) mass is 1340 g/mol. The largest absolute Gasteiger partial charge is 0.507 e. The molecule has 0 radical (unpaired) electrons. The second kappa shape index (κ2) is 44.8. The van der Waals surface area contributed by atoms with Crippen LogP contribution in [0.4, 0.5) is 0 Å². The van der Waals surface area contributed by atoms with Crippen molar-refractivity contribution in [3.8, 4) is 23.0 Å². The molecule has 550 valence electrons. The number of carbonyl (C=O) groups excluding carboxylic acids is 2. The van der Waals surface area contributed by atoms with Crippen molar-refractivity contribution in [2.45, 2.75) is 384 Å². The van der Waals surface area contributed by atoms with Gasteiger partial charge in [0.15, 0.2) is 0 Å². The Morgan fingerprint density at radius 1 is 0.423 bits per heavy atom. The lowest BCUT2D eigenvalue weighted by atomic mass is 9.78. The molecule has 0 bridgehead atoms. The summed E-state index contributed by atoms with van der Waals surface area (Å²) >= 11 is 0. The van der Waals surface area contributed by atoms with E-state index in [1.165, 1.54) is 120 Å². The van der Waals surface area contributed by atoms with Gasteiger partial charge in [0.2, 0.25) is 0 Å². The van der Waals surface area contributed by atoms with Crippen molar-refractivity contribution >= 4 is 11.8 Å². The Bertz CT molecular complexity index is 2710. The van der Waals surface area contributed by atoms with Gasteiger partial charge in [0.25, 0.3) is 0 Å². The third kappa shape index (κ3) is 34.6. The first-order chi connectivity index (χ1) is 45.4. The molecular formula is C89H147NO7. The molecule has 1 unspecified atom stereocenters. The summed E-state index contributed by atoms with van der Waals surface area (Å²) < 4.78 is 5.36. The van der Waals surface area contributed by atoms with Crippen LogP contribution in [-0.4, -0.2) is 45.3 Å². The highest BCUT2D eigenvalue weighted by Crippen LogP contribution is 2.42. The highest BCUT2D eigenvalue weighted by atomic mass is 16.5.